The molecule has 5 aromatic rings. The van der Waals surface area contributed by atoms with Crippen molar-refractivity contribution in [2.24, 2.45) is 21.1 Å². The number of rotatable bonds is 21. The monoisotopic (exact) mass is 941 g/mol. The summed E-state index contributed by atoms with van der Waals surface area (Å²) in [5.41, 5.74) is 0.785. The van der Waals surface area contributed by atoms with Crippen LogP contribution in [0.15, 0.2) is 70.6 Å². The van der Waals surface area contributed by atoms with Gasteiger partial charge in [-0.05, 0) is 56.5 Å². The van der Waals surface area contributed by atoms with Gasteiger partial charge in [0.15, 0.2) is 24.0 Å². The van der Waals surface area contributed by atoms with Crippen LogP contribution in [0.2, 0.25) is 0 Å². The summed E-state index contributed by atoms with van der Waals surface area (Å²) in [6, 6.07) is 12.9. The number of nitrogens with one attached hydrogen (secondary N) is 4. The summed E-state index contributed by atoms with van der Waals surface area (Å²) in [6.07, 6.45) is 6.51. The number of fused-ring (bicyclic) bond motifs is 2. The van der Waals surface area contributed by atoms with E-state index in [9.17, 15) is 42.0 Å². The smallest absolute Gasteiger partial charge is 0.328 e. The first-order valence-electron chi connectivity index (χ1n) is 21.7. The molecule has 0 bridgehead atoms. The van der Waals surface area contributed by atoms with Crippen molar-refractivity contribution in [2.75, 3.05) is 31.0 Å². The molecule has 0 aliphatic carbocycles. The molecule has 4 heterocycles. The number of amides is 6. The summed E-state index contributed by atoms with van der Waals surface area (Å²) in [4.78, 5) is 93.0. The molecule has 67 heavy (non-hydrogen) atoms. The summed E-state index contributed by atoms with van der Waals surface area (Å²) in [5.74, 6) is -1.99. The van der Waals surface area contributed by atoms with Gasteiger partial charge in [-0.25, -0.2) is 9.78 Å². The minimum atomic E-state index is -4.15. The lowest BCUT2D eigenvalue weighted by molar-refractivity contribution is -0.136. The van der Waals surface area contributed by atoms with Crippen LogP contribution in [-0.4, -0.2) is 99.8 Å². The Morgan fingerprint density at radius 2 is 1.40 bits per heavy atom. The standard InChI is InChI=1S/C45H51N9O12S/c1-27-48-40(24-51(27)2)67(62,63)50-31-22-33-34(53(4)45(61)52(33)3)23-36(31)66-29-14-11-13-28(21-29)64-25-38(56)46-19-9-7-5-6-8-10-20-47-39(57)26-65-35-16-12-15-30-41(35)44(60)54(43(30)59)32-17-18-37(55)49-42(32)58/h11-16,21-24,32,50H,5-10,17-20,25-26H2,1-4H3,(H,46,56)(H,47,57)(H,49,55,58). The SMILES string of the molecule is Cc1nc(S(=O)(=O)Nc2cc3c(cc2Oc2cccc(OCC(=O)NCCCCCCCCNC(=O)COc4cccc5c4C(=O)N(C4CCC(=O)NC4=O)C5=O)c2)n(C)c(=O)n3C)cn1C. The zero-order valence-corrected chi connectivity index (χ0v) is 38.2. The summed E-state index contributed by atoms with van der Waals surface area (Å²) in [7, 11) is 0.720. The first kappa shape index (κ1) is 47.5. The number of anilines is 1. The lowest BCUT2D eigenvalue weighted by atomic mass is 10.0. The molecule has 354 valence electrons. The number of benzene rings is 3. The van der Waals surface area contributed by atoms with Crippen LogP contribution in [0.5, 0.6) is 23.0 Å². The third-order valence-corrected chi connectivity index (χ3v) is 12.7. The molecular formula is C45H51N9O12S. The molecule has 4 N–H and O–H groups in total. The molecule has 7 rings (SSSR count). The van der Waals surface area contributed by atoms with E-state index in [4.69, 9.17) is 14.2 Å². The van der Waals surface area contributed by atoms with Crippen molar-refractivity contribution in [3.8, 4) is 23.0 Å². The van der Waals surface area contributed by atoms with Crippen molar-refractivity contribution in [3.63, 3.8) is 0 Å². The minimum Gasteiger partial charge on any atom is -0.484 e. The number of carbonyl (C=O) groups excluding carboxylic acids is 6. The van der Waals surface area contributed by atoms with E-state index in [0.717, 1.165) is 43.4 Å². The van der Waals surface area contributed by atoms with Gasteiger partial charge in [-0.2, -0.15) is 8.42 Å². The second-order valence-corrected chi connectivity index (χ2v) is 17.8. The fraction of sp³-hybridized carbons (Fsp3) is 0.378. The molecule has 21 nitrogen and oxygen atoms in total. The maximum atomic E-state index is 13.4. The van der Waals surface area contributed by atoms with Crippen LogP contribution in [0.3, 0.4) is 0 Å². The average molecular weight is 942 g/mol. The first-order chi connectivity index (χ1) is 32.0. The van der Waals surface area contributed by atoms with Crippen molar-refractivity contribution in [3.05, 3.63) is 88.2 Å². The highest BCUT2D eigenvalue weighted by molar-refractivity contribution is 7.92. The van der Waals surface area contributed by atoms with E-state index in [2.05, 4.69) is 25.7 Å². The molecule has 1 fully saturated rings. The number of hydrogen-bond donors (Lipinski definition) is 4. The van der Waals surface area contributed by atoms with Crippen LogP contribution in [0.4, 0.5) is 5.69 Å². The van der Waals surface area contributed by atoms with Crippen LogP contribution in [0, 0.1) is 6.92 Å². The molecule has 2 aromatic heterocycles. The number of sulfonamides is 1. The zero-order chi connectivity index (χ0) is 48.0. The molecule has 0 radical (unpaired) electrons. The maximum absolute atomic E-state index is 13.4. The first-order valence-corrected chi connectivity index (χ1v) is 23.1. The Bertz CT molecular complexity index is 2920. The molecule has 2 aliphatic heterocycles. The molecule has 2 aliphatic rings. The van der Waals surface area contributed by atoms with Crippen molar-refractivity contribution < 1.29 is 51.4 Å². The second kappa shape index (κ2) is 20.4. The van der Waals surface area contributed by atoms with E-state index in [1.54, 1.807) is 63.0 Å². The number of aromatic nitrogens is 4. The summed E-state index contributed by atoms with van der Waals surface area (Å²) in [5, 5.41) is 7.61. The van der Waals surface area contributed by atoms with Crippen LogP contribution >= 0.6 is 0 Å². The number of carbonyl (C=O) groups is 6. The fourth-order valence-corrected chi connectivity index (χ4v) is 8.81. The van der Waals surface area contributed by atoms with E-state index >= 15 is 0 Å². The molecule has 1 saturated heterocycles. The lowest BCUT2D eigenvalue weighted by Crippen LogP contribution is -2.54. The largest absolute Gasteiger partial charge is 0.484 e. The van der Waals surface area contributed by atoms with Gasteiger partial charge in [0.2, 0.25) is 11.8 Å². The van der Waals surface area contributed by atoms with Gasteiger partial charge in [-0.1, -0.05) is 37.8 Å². The third kappa shape index (κ3) is 10.8. The quantitative estimate of drug-likeness (QED) is 0.0610. The van der Waals surface area contributed by atoms with E-state index in [1.165, 1.54) is 39.6 Å². The highest BCUT2D eigenvalue weighted by Gasteiger charge is 2.46. The number of hydrogen-bond acceptors (Lipinski definition) is 13. The Morgan fingerprint density at radius 1 is 0.776 bits per heavy atom. The molecule has 6 amide bonds. The van der Waals surface area contributed by atoms with E-state index in [-0.39, 0.29) is 76.7 Å². The summed E-state index contributed by atoms with van der Waals surface area (Å²) < 4.78 is 51.2. The van der Waals surface area contributed by atoms with Crippen molar-refractivity contribution >= 4 is 62.2 Å². The highest BCUT2D eigenvalue weighted by atomic mass is 32.2. The summed E-state index contributed by atoms with van der Waals surface area (Å²) in [6.45, 7) is 1.93. The molecule has 1 unspecified atom stereocenters. The second-order valence-electron chi connectivity index (χ2n) is 16.2. The van der Waals surface area contributed by atoms with Gasteiger partial charge in [-0.15, -0.1) is 0 Å². The Kier molecular flexibility index (Phi) is 14.4. The van der Waals surface area contributed by atoms with Crippen molar-refractivity contribution in [2.45, 2.75) is 69.4 Å². The van der Waals surface area contributed by atoms with Gasteiger partial charge < -0.3 is 29.4 Å². The molecule has 0 spiro atoms. The third-order valence-electron chi connectivity index (χ3n) is 11.4. The van der Waals surface area contributed by atoms with E-state index in [1.807, 2.05) is 0 Å². The Morgan fingerprint density at radius 3 is 2.06 bits per heavy atom. The Balaban J connectivity index is 0.789. The number of imide groups is 2. The topological polar surface area (TPSA) is 260 Å². The highest BCUT2D eigenvalue weighted by Crippen LogP contribution is 2.37. The van der Waals surface area contributed by atoms with Crippen LogP contribution < -0.4 is 40.6 Å². The van der Waals surface area contributed by atoms with Crippen molar-refractivity contribution in [1.29, 1.82) is 0 Å². The maximum Gasteiger partial charge on any atom is 0.328 e. The molecule has 3 aromatic carbocycles. The zero-order valence-electron chi connectivity index (χ0n) is 37.4. The molecular weight excluding hydrogens is 891 g/mol. The molecule has 0 saturated carbocycles. The normalized spacial score (nSPS) is 14.8. The number of ether oxygens (including phenoxy) is 3. The predicted octanol–water partition coefficient (Wildman–Crippen LogP) is 2.94. The predicted molar refractivity (Wildman–Crippen MR) is 241 cm³/mol. The van der Waals surface area contributed by atoms with Gasteiger partial charge in [0.25, 0.3) is 33.7 Å². The number of aryl methyl sites for hydroxylation is 4. The molecule has 1 atom stereocenters. The van der Waals surface area contributed by atoms with Gasteiger partial charge in [0, 0.05) is 59.0 Å². The Labute approximate surface area is 384 Å². The number of unbranched alkanes of at least 4 members (excludes halogenated alkanes) is 5. The number of piperidine rings is 1. The van der Waals surface area contributed by atoms with E-state index in [0.29, 0.717) is 35.7 Å². The van der Waals surface area contributed by atoms with Crippen LogP contribution in [0.25, 0.3) is 11.0 Å². The van der Waals surface area contributed by atoms with Crippen LogP contribution in [-0.2, 0) is 50.3 Å². The van der Waals surface area contributed by atoms with Gasteiger partial charge >= 0.3 is 5.69 Å². The molecule has 22 heteroatoms. The van der Waals surface area contributed by atoms with Crippen LogP contribution in [0.1, 0.15) is 77.9 Å². The Hall–Kier alpha value is -7.49. The van der Waals surface area contributed by atoms with Gasteiger partial charge in [0.05, 0.1) is 27.8 Å². The van der Waals surface area contributed by atoms with Crippen molar-refractivity contribution in [1.82, 2.24) is 39.5 Å². The lowest BCUT2D eigenvalue weighted by Gasteiger charge is -2.27. The van der Waals surface area contributed by atoms with Gasteiger partial charge in [0.1, 0.15) is 29.1 Å². The fourth-order valence-electron chi connectivity index (χ4n) is 7.71. The summed E-state index contributed by atoms with van der Waals surface area (Å²) >= 11 is 0. The average Bonchev–Trinajstić information content (AvgIpc) is 3.85. The van der Waals surface area contributed by atoms with Gasteiger partial charge in [-0.3, -0.25) is 52.8 Å². The number of imidazole rings is 2. The minimum absolute atomic E-state index is 0.000894. The number of nitrogens with zero attached hydrogens (tertiary/aromatic N) is 5. The van der Waals surface area contributed by atoms with E-state index < -0.39 is 45.6 Å².